The number of carbonyl (C=O) groups is 1. The second kappa shape index (κ2) is 5.53. The van der Waals surface area contributed by atoms with E-state index in [1.807, 2.05) is 32.9 Å². The molecule has 1 amide bonds. The number of carbonyl (C=O) groups excluding carboxylic acids is 1. The number of rotatable bonds is 1. The molecule has 0 aliphatic heterocycles. The van der Waals surface area contributed by atoms with Crippen LogP contribution in [-0.4, -0.2) is 11.7 Å². The van der Waals surface area contributed by atoms with E-state index in [2.05, 4.69) is 27.3 Å². The van der Waals surface area contributed by atoms with Crippen molar-refractivity contribution in [1.29, 1.82) is 0 Å². The fourth-order valence-electron chi connectivity index (χ4n) is 2.43. The van der Waals surface area contributed by atoms with Crippen molar-refractivity contribution < 1.29 is 9.53 Å². The first-order valence-corrected chi connectivity index (χ1v) is 7.43. The van der Waals surface area contributed by atoms with Crippen molar-refractivity contribution in [3.63, 3.8) is 0 Å². The van der Waals surface area contributed by atoms with Gasteiger partial charge in [-0.2, -0.15) is 0 Å². The van der Waals surface area contributed by atoms with Crippen LogP contribution in [0.1, 0.15) is 50.8 Å². The summed E-state index contributed by atoms with van der Waals surface area (Å²) in [6.07, 6.45) is 2.76. The van der Waals surface area contributed by atoms with Gasteiger partial charge in [0.1, 0.15) is 5.60 Å². The van der Waals surface area contributed by atoms with Gasteiger partial charge in [-0.05, 0) is 57.2 Å². The van der Waals surface area contributed by atoms with Gasteiger partial charge in [0.15, 0.2) is 0 Å². The summed E-state index contributed by atoms with van der Waals surface area (Å²) in [5.74, 6) is 0. The van der Waals surface area contributed by atoms with Crippen molar-refractivity contribution in [3.05, 3.63) is 33.8 Å². The summed E-state index contributed by atoms with van der Waals surface area (Å²) in [6, 6.07) is 6.23. The highest BCUT2D eigenvalue weighted by atomic mass is 79.9. The van der Waals surface area contributed by atoms with Gasteiger partial charge >= 0.3 is 6.09 Å². The fourth-order valence-corrected chi connectivity index (χ4v) is 3.11. The van der Waals surface area contributed by atoms with Gasteiger partial charge < -0.3 is 10.1 Å². The molecule has 1 unspecified atom stereocenters. The molecule has 1 atom stereocenters. The zero-order valence-electron chi connectivity index (χ0n) is 11.6. The van der Waals surface area contributed by atoms with Crippen LogP contribution in [0.15, 0.2) is 22.7 Å². The van der Waals surface area contributed by atoms with Crippen LogP contribution in [0, 0.1) is 0 Å². The molecule has 3 nitrogen and oxygen atoms in total. The Balaban J connectivity index is 2.14. The second-order valence-electron chi connectivity index (χ2n) is 5.90. The number of aryl methyl sites for hydroxylation is 1. The van der Waals surface area contributed by atoms with Crippen LogP contribution in [0.5, 0.6) is 0 Å². The van der Waals surface area contributed by atoms with Gasteiger partial charge in [0.2, 0.25) is 0 Å². The predicted molar refractivity (Wildman–Crippen MR) is 79.2 cm³/mol. The minimum atomic E-state index is -0.463. The van der Waals surface area contributed by atoms with Crippen LogP contribution in [0.25, 0.3) is 0 Å². The van der Waals surface area contributed by atoms with E-state index in [0.29, 0.717) is 0 Å². The molecule has 0 aromatic heterocycles. The maximum atomic E-state index is 11.9. The summed E-state index contributed by atoms with van der Waals surface area (Å²) in [7, 11) is 0. The minimum absolute atomic E-state index is 0.0363. The van der Waals surface area contributed by atoms with E-state index < -0.39 is 5.60 Å². The normalized spacial score (nSPS) is 18.6. The second-order valence-corrected chi connectivity index (χ2v) is 6.76. The number of ether oxygens (including phenoxy) is 1. The lowest BCUT2D eigenvalue weighted by molar-refractivity contribution is 0.0498. The number of halogens is 1. The number of hydrogen-bond donors (Lipinski definition) is 1. The number of hydrogen-bond acceptors (Lipinski definition) is 2. The van der Waals surface area contributed by atoms with Gasteiger partial charge in [-0.15, -0.1) is 0 Å². The molecular weight excluding hydrogens is 306 g/mol. The molecule has 0 saturated heterocycles. The van der Waals surface area contributed by atoms with Gasteiger partial charge in [0.05, 0.1) is 6.04 Å². The van der Waals surface area contributed by atoms with Gasteiger partial charge in [-0.3, -0.25) is 0 Å². The quantitative estimate of drug-likeness (QED) is 0.833. The number of nitrogens with one attached hydrogen (secondary N) is 1. The van der Waals surface area contributed by atoms with E-state index in [1.165, 1.54) is 11.1 Å². The molecule has 4 heteroatoms. The highest BCUT2D eigenvalue weighted by Gasteiger charge is 2.26. The van der Waals surface area contributed by atoms with Crippen LogP contribution < -0.4 is 5.32 Å². The Hall–Kier alpha value is -1.03. The average Bonchev–Trinajstić information content (AvgIpc) is 2.26. The van der Waals surface area contributed by atoms with Gasteiger partial charge in [-0.25, -0.2) is 4.79 Å². The standard InChI is InChI=1S/C15H20BrNO2/c1-15(2,3)19-14(18)17-12-9-5-7-10-6-4-8-11(16)13(10)12/h4,6,8,12H,5,7,9H2,1-3H3,(H,17,18). The summed E-state index contributed by atoms with van der Waals surface area (Å²) >= 11 is 3.58. The van der Waals surface area contributed by atoms with Crippen LogP contribution >= 0.6 is 15.9 Å². The summed E-state index contributed by atoms with van der Waals surface area (Å²) in [6.45, 7) is 5.62. The third kappa shape index (κ3) is 3.72. The van der Waals surface area contributed by atoms with E-state index in [9.17, 15) is 4.79 Å². The molecule has 0 fully saturated rings. The molecule has 104 valence electrons. The Bertz CT molecular complexity index is 480. The summed E-state index contributed by atoms with van der Waals surface area (Å²) < 4.78 is 6.39. The van der Waals surface area contributed by atoms with E-state index >= 15 is 0 Å². The van der Waals surface area contributed by atoms with Crippen LogP contribution in [0.2, 0.25) is 0 Å². The molecule has 0 saturated carbocycles. The zero-order chi connectivity index (χ0) is 14.0. The number of amides is 1. The first-order chi connectivity index (χ1) is 8.87. The first kappa shape index (κ1) is 14.4. The lowest BCUT2D eigenvalue weighted by Crippen LogP contribution is -2.36. The van der Waals surface area contributed by atoms with Gasteiger partial charge in [0.25, 0.3) is 0 Å². The maximum absolute atomic E-state index is 11.9. The Morgan fingerprint density at radius 1 is 1.42 bits per heavy atom. The van der Waals surface area contributed by atoms with Crippen LogP contribution in [-0.2, 0) is 11.2 Å². The van der Waals surface area contributed by atoms with Crippen molar-refractivity contribution in [3.8, 4) is 0 Å². The predicted octanol–water partition coefficient (Wildman–Crippen LogP) is 4.35. The number of benzene rings is 1. The Morgan fingerprint density at radius 3 is 2.84 bits per heavy atom. The molecule has 1 aromatic carbocycles. The highest BCUT2D eigenvalue weighted by Crippen LogP contribution is 2.35. The third-order valence-electron chi connectivity index (χ3n) is 3.12. The van der Waals surface area contributed by atoms with E-state index in [4.69, 9.17) is 4.74 Å². The fraction of sp³-hybridized carbons (Fsp3) is 0.533. The largest absolute Gasteiger partial charge is 0.444 e. The third-order valence-corrected chi connectivity index (χ3v) is 3.81. The molecule has 0 bridgehead atoms. The minimum Gasteiger partial charge on any atom is -0.444 e. The lowest BCUT2D eigenvalue weighted by Gasteiger charge is -2.29. The summed E-state index contributed by atoms with van der Waals surface area (Å²) in [5.41, 5.74) is 2.04. The first-order valence-electron chi connectivity index (χ1n) is 6.63. The van der Waals surface area contributed by atoms with Gasteiger partial charge in [-0.1, -0.05) is 28.1 Å². The van der Waals surface area contributed by atoms with Crippen molar-refractivity contribution in [2.24, 2.45) is 0 Å². The molecule has 0 spiro atoms. The van der Waals surface area contributed by atoms with E-state index in [0.717, 1.165) is 23.7 Å². The molecule has 1 aliphatic carbocycles. The average molecular weight is 326 g/mol. The van der Waals surface area contributed by atoms with Gasteiger partial charge in [0, 0.05) is 4.47 Å². The number of fused-ring (bicyclic) bond motifs is 1. The smallest absolute Gasteiger partial charge is 0.408 e. The SMILES string of the molecule is CC(C)(C)OC(=O)NC1CCCc2cccc(Br)c21. The molecule has 0 radical (unpaired) electrons. The topological polar surface area (TPSA) is 38.3 Å². The van der Waals surface area contributed by atoms with E-state index in [1.54, 1.807) is 0 Å². The lowest BCUT2D eigenvalue weighted by atomic mass is 9.88. The Kier molecular flexibility index (Phi) is 4.19. The zero-order valence-corrected chi connectivity index (χ0v) is 13.2. The molecular formula is C15H20BrNO2. The maximum Gasteiger partial charge on any atom is 0.408 e. The molecule has 1 N–H and O–H groups in total. The van der Waals surface area contributed by atoms with Crippen molar-refractivity contribution in [2.75, 3.05) is 0 Å². The monoisotopic (exact) mass is 325 g/mol. The van der Waals surface area contributed by atoms with Crippen LogP contribution in [0.3, 0.4) is 0 Å². The summed E-state index contributed by atoms with van der Waals surface area (Å²) in [5, 5.41) is 2.98. The molecule has 0 heterocycles. The van der Waals surface area contributed by atoms with Crippen LogP contribution in [0.4, 0.5) is 4.79 Å². The molecule has 2 rings (SSSR count). The van der Waals surface area contributed by atoms with E-state index in [-0.39, 0.29) is 12.1 Å². The van der Waals surface area contributed by atoms with Crippen molar-refractivity contribution in [1.82, 2.24) is 5.32 Å². The number of alkyl carbamates (subject to hydrolysis) is 1. The highest BCUT2D eigenvalue weighted by molar-refractivity contribution is 9.10. The van der Waals surface area contributed by atoms with Crippen molar-refractivity contribution >= 4 is 22.0 Å². The molecule has 1 aromatic rings. The van der Waals surface area contributed by atoms with Crippen molar-refractivity contribution in [2.45, 2.75) is 51.7 Å². The molecule has 19 heavy (non-hydrogen) atoms. The summed E-state index contributed by atoms with van der Waals surface area (Å²) in [4.78, 5) is 11.9. The Morgan fingerprint density at radius 2 is 2.16 bits per heavy atom. The Labute approximate surface area is 122 Å². The molecule has 1 aliphatic rings.